The number of hydrogen-bond acceptors (Lipinski definition) is 4. The lowest BCUT2D eigenvalue weighted by molar-refractivity contribution is -0.119. The largest absolute Gasteiger partial charge is 0.399 e. The molecular weight excluding hydrogens is 222 g/mol. The van der Waals surface area contributed by atoms with Crippen LogP contribution < -0.4 is 10.7 Å². The summed E-state index contributed by atoms with van der Waals surface area (Å²) in [5.74, 6) is 1.79. The quantitative estimate of drug-likeness (QED) is 0.744. The van der Waals surface area contributed by atoms with Gasteiger partial charge in [-0.1, -0.05) is 6.07 Å². The second-order valence-electron chi connectivity index (χ2n) is 3.90. The van der Waals surface area contributed by atoms with Crippen LogP contribution in [0.3, 0.4) is 0 Å². The fourth-order valence-electron chi connectivity index (χ4n) is 1.96. The van der Waals surface area contributed by atoms with Crippen molar-refractivity contribution in [3.63, 3.8) is 0 Å². The maximum Gasteiger partial charge on any atom is 0.257 e. The Morgan fingerprint density at radius 3 is 3.12 bits per heavy atom. The zero-order valence-corrected chi connectivity index (χ0v) is 9.41. The van der Waals surface area contributed by atoms with E-state index in [0.29, 0.717) is 5.69 Å². The molecule has 2 N–H and O–H groups in total. The minimum Gasteiger partial charge on any atom is -0.399 e. The van der Waals surface area contributed by atoms with Crippen molar-refractivity contribution in [1.29, 1.82) is 0 Å². The van der Waals surface area contributed by atoms with Crippen LogP contribution >= 0.6 is 11.8 Å². The maximum absolute atomic E-state index is 12.1. The highest BCUT2D eigenvalue weighted by Gasteiger charge is 2.39. The second kappa shape index (κ2) is 3.52. The summed E-state index contributed by atoms with van der Waals surface area (Å²) in [6, 6.07) is 7.26. The third-order valence-electron chi connectivity index (χ3n) is 2.79. The molecule has 0 radical (unpaired) electrons. The number of carbonyl (C=O) groups is 1. The number of fused-ring (bicyclic) bond motifs is 1. The summed E-state index contributed by atoms with van der Waals surface area (Å²) in [4.78, 5) is 12.1. The average Bonchev–Trinajstić information content (AvgIpc) is 2.82. The monoisotopic (exact) mass is 233 g/mol. The van der Waals surface area contributed by atoms with Crippen LogP contribution in [0.1, 0.15) is 0 Å². The molecule has 2 aliphatic rings. The molecule has 0 bridgehead atoms. The molecule has 0 aromatic heterocycles. The summed E-state index contributed by atoms with van der Waals surface area (Å²) < 4.78 is 0. The first-order valence-electron chi connectivity index (χ1n) is 5.10. The van der Waals surface area contributed by atoms with Gasteiger partial charge in [-0.05, 0) is 18.2 Å². The highest BCUT2D eigenvalue weighted by molar-refractivity contribution is 8.00. The predicted octanol–water partition coefficient (Wildman–Crippen LogP) is 1.33. The van der Waals surface area contributed by atoms with Gasteiger partial charge >= 0.3 is 0 Å². The molecule has 16 heavy (non-hydrogen) atoms. The summed E-state index contributed by atoms with van der Waals surface area (Å²) in [5, 5.41) is 5.85. The molecule has 4 nitrogen and oxygen atoms in total. The van der Waals surface area contributed by atoms with Gasteiger partial charge in [0.2, 0.25) is 0 Å². The van der Waals surface area contributed by atoms with Crippen LogP contribution in [0.5, 0.6) is 0 Å². The summed E-state index contributed by atoms with van der Waals surface area (Å²) in [6.07, 6.45) is 0. The van der Waals surface area contributed by atoms with E-state index in [2.05, 4.69) is 5.10 Å². The van der Waals surface area contributed by atoms with E-state index >= 15 is 0 Å². The lowest BCUT2D eigenvalue weighted by Gasteiger charge is -2.13. The molecule has 2 aliphatic heterocycles. The Morgan fingerprint density at radius 1 is 1.50 bits per heavy atom. The number of benzene rings is 1. The van der Waals surface area contributed by atoms with Crippen molar-refractivity contribution in [2.24, 2.45) is 11.0 Å². The Hall–Kier alpha value is -1.49. The van der Waals surface area contributed by atoms with Gasteiger partial charge in [0.25, 0.3) is 5.91 Å². The number of nitrogens with two attached hydrogens (primary N) is 1. The Labute approximate surface area is 97.5 Å². The number of nitrogen functional groups attached to an aromatic ring is 1. The smallest absolute Gasteiger partial charge is 0.257 e. The van der Waals surface area contributed by atoms with Crippen LogP contribution in [-0.4, -0.2) is 23.1 Å². The molecule has 1 fully saturated rings. The lowest BCUT2D eigenvalue weighted by atomic mass is 10.1. The van der Waals surface area contributed by atoms with Gasteiger partial charge in [-0.2, -0.15) is 16.9 Å². The molecular formula is C11H11N3OS. The van der Waals surface area contributed by atoms with Gasteiger partial charge in [-0.25, -0.2) is 5.01 Å². The van der Waals surface area contributed by atoms with Crippen molar-refractivity contribution in [2.75, 3.05) is 22.2 Å². The average molecular weight is 233 g/mol. The van der Waals surface area contributed by atoms with Crippen LogP contribution in [-0.2, 0) is 4.79 Å². The Kier molecular flexibility index (Phi) is 2.14. The first-order valence-corrected chi connectivity index (χ1v) is 6.26. The topological polar surface area (TPSA) is 58.7 Å². The molecule has 0 saturated carbocycles. The zero-order chi connectivity index (χ0) is 11.1. The van der Waals surface area contributed by atoms with Crippen molar-refractivity contribution >= 4 is 34.8 Å². The number of hydrazone groups is 1. The number of anilines is 2. The summed E-state index contributed by atoms with van der Waals surface area (Å²) in [5.41, 5.74) is 8.11. The van der Waals surface area contributed by atoms with Crippen LogP contribution in [0, 0.1) is 5.92 Å². The van der Waals surface area contributed by atoms with Gasteiger partial charge in [-0.15, -0.1) is 0 Å². The highest BCUT2D eigenvalue weighted by Crippen LogP contribution is 2.32. The van der Waals surface area contributed by atoms with Gasteiger partial charge in [-0.3, -0.25) is 4.79 Å². The third-order valence-corrected chi connectivity index (χ3v) is 3.86. The summed E-state index contributed by atoms with van der Waals surface area (Å²) in [7, 11) is 0. The highest BCUT2D eigenvalue weighted by atomic mass is 32.2. The first-order chi connectivity index (χ1) is 7.75. The maximum atomic E-state index is 12.1. The van der Waals surface area contributed by atoms with Crippen molar-refractivity contribution in [3.05, 3.63) is 24.3 Å². The summed E-state index contributed by atoms with van der Waals surface area (Å²) in [6.45, 7) is 0. The molecule has 1 saturated heterocycles. The lowest BCUT2D eigenvalue weighted by Crippen LogP contribution is -2.27. The van der Waals surface area contributed by atoms with Gasteiger partial charge in [0.15, 0.2) is 0 Å². The van der Waals surface area contributed by atoms with E-state index in [4.69, 9.17) is 5.73 Å². The van der Waals surface area contributed by atoms with E-state index in [1.165, 1.54) is 5.01 Å². The van der Waals surface area contributed by atoms with Gasteiger partial charge in [0.1, 0.15) is 0 Å². The summed E-state index contributed by atoms with van der Waals surface area (Å²) >= 11 is 1.77. The molecule has 0 spiro atoms. The van der Waals surface area contributed by atoms with E-state index in [-0.39, 0.29) is 11.8 Å². The van der Waals surface area contributed by atoms with Crippen LogP contribution in [0.15, 0.2) is 29.4 Å². The van der Waals surface area contributed by atoms with Crippen molar-refractivity contribution < 1.29 is 4.79 Å². The van der Waals surface area contributed by atoms with Crippen LogP contribution in [0.2, 0.25) is 0 Å². The molecule has 5 heteroatoms. The second-order valence-corrected chi connectivity index (χ2v) is 4.93. The predicted molar refractivity (Wildman–Crippen MR) is 66.6 cm³/mol. The Bertz CT molecular complexity index is 486. The fourth-order valence-corrected chi connectivity index (χ4v) is 3.11. The fraction of sp³-hybridized carbons (Fsp3) is 0.273. The van der Waals surface area contributed by atoms with Gasteiger partial charge in [0, 0.05) is 17.2 Å². The molecule has 82 valence electrons. The van der Waals surface area contributed by atoms with E-state index in [0.717, 1.165) is 22.9 Å². The van der Waals surface area contributed by atoms with Crippen molar-refractivity contribution in [1.82, 2.24) is 0 Å². The Morgan fingerprint density at radius 2 is 2.38 bits per heavy atom. The molecule has 2 heterocycles. The minimum absolute atomic E-state index is 0.00793. The van der Waals surface area contributed by atoms with E-state index in [9.17, 15) is 4.79 Å². The molecule has 1 aromatic carbocycles. The van der Waals surface area contributed by atoms with Gasteiger partial charge < -0.3 is 5.73 Å². The van der Waals surface area contributed by atoms with Crippen LogP contribution in [0.4, 0.5) is 11.4 Å². The number of nitrogens with zero attached hydrogens (tertiary/aromatic N) is 2. The minimum atomic E-state index is -0.00793. The van der Waals surface area contributed by atoms with E-state index < -0.39 is 0 Å². The molecule has 0 aliphatic carbocycles. The standard InChI is InChI=1S/C11H11N3OS/c12-7-2-1-3-8(4-7)14-11(15)9-5-16-6-10(9)13-14/h1-4,9H,5-6,12H2. The van der Waals surface area contributed by atoms with Crippen molar-refractivity contribution in [2.45, 2.75) is 0 Å². The molecule has 1 atom stereocenters. The SMILES string of the molecule is Nc1cccc(N2N=C3CSCC3C2=O)c1. The number of amides is 1. The number of carbonyl (C=O) groups excluding carboxylic acids is 1. The van der Waals surface area contributed by atoms with Crippen LogP contribution in [0.25, 0.3) is 0 Å². The van der Waals surface area contributed by atoms with Gasteiger partial charge in [0.05, 0.1) is 17.3 Å². The molecule has 1 aromatic rings. The number of hydrogen-bond donors (Lipinski definition) is 1. The normalized spacial score (nSPS) is 23.5. The van der Waals surface area contributed by atoms with Crippen molar-refractivity contribution in [3.8, 4) is 0 Å². The molecule has 1 unspecified atom stereocenters. The van der Waals surface area contributed by atoms with E-state index in [1.807, 2.05) is 12.1 Å². The molecule has 1 amide bonds. The third kappa shape index (κ3) is 1.39. The van der Waals surface area contributed by atoms with E-state index in [1.54, 1.807) is 23.9 Å². The zero-order valence-electron chi connectivity index (χ0n) is 8.59. The number of rotatable bonds is 1. The molecule has 3 rings (SSSR count). The first kappa shape index (κ1) is 9.72. The Balaban J connectivity index is 1.97. The number of thioether (sulfide) groups is 1.